The molecule has 2 aliphatic heterocycles. The maximum atomic E-state index is 12.6. The molecular formula is C13H19N3O5S. The van der Waals surface area contributed by atoms with E-state index in [1.165, 1.54) is 12.4 Å². The molecule has 1 unspecified atom stereocenters. The van der Waals surface area contributed by atoms with Crippen molar-refractivity contribution >= 4 is 16.0 Å². The smallest absolute Gasteiger partial charge is 0.322 e. The highest BCUT2D eigenvalue weighted by molar-refractivity contribution is 7.89. The number of hydrogen-bond acceptors (Lipinski definition) is 5. The Morgan fingerprint density at radius 2 is 2.05 bits per heavy atom. The minimum atomic E-state index is -3.81. The van der Waals surface area contributed by atoms with Crippen LogP contribution in [0.1, 0.15) is 31.7 Å². The summed E-state index contributed by atoms with van der Waals surface area (Å²) in [6, 6.07) is -0.844. The molecule has 3 rings (SSSR count). The van der Waals surface area contributed by atoms with Crippen LogP contribution in [0.5, 0.6) is 0 Å². The molecule has 2 fully saturated rings. The zero-order valence-electron chi connectivity index (χ0n) is 12.1. The maximum absolute atomic E-state index is 12.6. The summed E-state index contributed by atoms with van der Waals surface area (Å²) >= 11 is 0. The van der Waals surface area contributed by atoms with Crippen LogP contribution in [0, 0.1) is 0 Å². The fourth-order valence-electron chi connectivity index (χ4n) is 3.01. The Balaban J connectivity index is 1.83. The quantitative estimate of drug-likeness (QED) is 0.862. The predicted octanol–water partition coefficient (Wildman–Crippen LogP) is 0.472. The Morgan fingerprint density at radius 3 is 2.73 bits per heavy atom. The van der Waals surface area contributed by atoms with Gasteiger partial charge in [0.2, 0.25) is 10.0 Å². The van der Waals surface area contributed by atoms with Crippen LogP contribution in [0.2, 0.25) is 0 Å². The van der Waals surface area contributed by atoms with Crippen LogP contribution in [-0.2, 0) is 19.6 Å². The van der Waals surface area contributed by atoms with Crippen LogP contribution in [0.15, 0.2) is 17.3 Å². The summed E-state index contributed by atoms with van der Waals surface area (Å²) < 4.78 is 33.3. The lowest BCUT2D eigenvalue weighted by atomic mass is 10.1. The highest BCUT2D eigenvalue weighted by Crippen LogP contribution is 2.27. The second-order valence-electron chi connectivity index (χ2n) is 5.61. The number of sulfonamides is 1. The van der Waals surface area contributed by atoms with Gasteiger partial charge in [0, 0.05) is 26.0 Å². The average Bonchev–Trinajstić information content (AvgIpc) is 3.18. The molecule has 1 aromatic rings. The van der Waals surface area contributed by atoms with Crippen LogP contribution in [0.4, 0.5) is 0 Å². The van der Waals surface area contributed by atoms with Gasteiger partial charge in [0.05, 0.1) is 12.2 Å². The Kier molecular flexibility index (Phi) is 4.20. The zero-order valence-corrected chi connectivity index (χ0v) is 12.9. The molecular weight excluding hydrogens is 310 g/mol. The van der Waals surface area contributed by atoms with Gasteiger partial charge in [0.1, 0.15) is 10.9 Å². The summed E-state index contributed by atoms with van der Waals surface area (Å²) in [5.41, 5.74) is 0. The van der Waals surface area contributed by atoms with E-state index in [-0.39, 0.29) is 17.5 Å². The monoisotopic (exact) mass is 329 g/mol. The average molecular weight is 329 g/mol. The SMILES string of the molecule is O=C(O)C1CCCN1S(=O)(=O)c1cnn(C2CCOCC2)c1. The lowest BCUT2D eigenvalue weighted by molar-refractivity contribution is -0.140. The summed E-state index contributed by atoms with van der Waals surface area (Å²) in [5.74, 6) is -1.10. The van der Waals surface area contributed by atoms with E-state index in [0.29, 0.717) is 26.1 Å². The Bertz CT molecular complexity index is 650. The number of carboxylic acids is 1. The lowest BCUT2D eigenvalue weighted by Crippen LogP contribution is -2.40. The van der Waals surface area contributed by atoms with E-state index in [9.17, 15) is 13.2 Å². The fourth-order valence-corrected chi connectivity index (χ4v) is 4.61. The first-order valence-electron chi connectivity index (χ1n) is 7.36. The van der Waals surface area contributed by atoms with Gasteiger partial charge in [-0.2, -0.15) is 9.40 Å². The van der Waals surface area contributed by atoms with Gasteiger partial charge in [0.25, 0.3) is 0 Å². The van der Waals surface area contributed by atoms with E-state index in [4.69, 9.17) is 9.84 Å². The molecule has 0 spiro atoms. The number of ether oxygens (including phenoxy) is 1. The molecule has 0 aliphatic carbocycles. The molecule has 0 radical (unpaired) electrons. The predicted molar refractivity (Wildman–Crippen MR) is 75.9 cm³/mol. The van der Waals surface area contributed by atoms with Crippen LogP contribution in [-0.4, -0.2) is 59.4 Å². The number of rotatable bonds is 4. The first-order valence-corrected chi connectivity index (χ1v) is 8.80. The Hall–Kier alpha value is -1.45. The largest absolute Gasteiger partial charge is 0.480 e. The Morgan fingerprint density at radius 1 is 1.32 bits per heavy atom. The highest BCUT2D eigenvalue weighted by Gasteiger charge is 2.40. The molecule has 1 atom stereocenters. The standard InChI is InChI=1S/C13H19N3O5S/c17-13(18)12-2-1-5-16(12)22(19,20)11-8-14-15(9-11)10-3-6-21-7-4-10/h8-10,12H,1-7H2,(H,17,18). The summed E-state index contributed by atoms with van der Waals surface area (Å²) in [7, 11) is -3.81. The second kappa shape index (κ2) is 5.98. The molecule has 0 aromatic carbocycles. The topological polar surface area (TPSA) is 102 Å². The van der Waals surface area contributed by atoms with E-state index in [0.717, 1.165) is 17.1 Å². The zero-order chi connectivity index (χ0) is 15.7. The summed E-state index contributed by atoms with van der Waals surface area (Å²) in [5, 5.41) is 13.3. The van der Waals surface area contributed by atoms with Crippen molar-refractivity contribution in [2.45, 2.75) is 42.7 Å². The summed E-state index contributed by atoms with van der Waals surface area (Å²) in [6.07, 6.45) is 5.31. The van der Waals surface area contributed by atoms with E-state index in [1.54, 1.807) is 4.68 Å². The van der Waals surface area contributed by atoms with E-state index >= 15 is 0 Å². The van der Waals surface area contributed by atoms with Gasteiger partial charge in [-0.05, 0) is 25.7 Å². The van der Waals surface area contributed by atoms with Gasteiger partial charge < -0.3 is 9.84 Å². The van der Waals surface area contributed by atoms with Crippen molar-refractivity contribution in [3.05, 3.63) is 12.4 Å². The lowest BCUT2D eigenvalue weighted by Gasteiger charge is -2.22. The maximum Gasteiger partial charge on any atom is 0.322 e. The summed E-state index contributed by atoms with van der Waals surface area (Å²) in [4.78, 5) is 11.3. The van der Waals surface area contributed by atoms with Gasteiger partial charge >= 0.3 is 5.97 Å². The molecule has 1 aromatic heterocycles. The summed E-state index contributed by atoms with van der Waals surface area (Å²) in [6.45, 7) is 1.52. The van der Waals surface area contributed by atoms with Crippen molar-refractivity contribution in [2.24, 2.45) is 0 Å². The van der Waals surface area contributed by atoms with Crippen LogP contribution < -0.4 is 0 Å². The second-order valence-corrected chi connectivity index (χ2v) is 7.50. The Labute approximate surface area is 128 Å². The molecule has 0 bridgehead atoms. The van der Waals surface area contributed by atoms with E-state index in [1.807, 2.05) is 0 Å². The van der Waals surface area contributed by atoms with Crippen molar-refractivity contribution in [2.75, 3.05) is 19.8 Å². The fraction of sp³-hybridized carbons (Fsp3) is 0.692. The molecule has 0 saturated carbocycles. The molecule has 2 saturated heterocycles. The number of aromatic nitrogens is 2. The van der Waals surface area contributed by atoms with Gasteiger partial charge in [-0.1, -0.05) is 0 Å². The molecule has 9 heteroatoms. The van der Waals surface area contributed by atoms with Crippen molar-refractivity contribution in [3.8, 4) is 0 Å². The number of carboxylic acid groups (broad SMARTS) is 1. The van der Waals surface area contributed by atoms with Gasteiger partial charge in [-0.3, -0.25) is 9.48 Å². The molecule has 3 heterocycles. The van der Waals surface area contributed by atoms with E-state index < -0.39 is 22.0 Å². The highest BCUT2D eigenvalue weighted by atomic mass is 32.2. The van der Waals surface area contributed by atoms with Crippen LogP contribution in [0.25, 0.3) is 0 Å². The third kappa shape index (κ3) is 2.75. The van der Waals surface area contributed by atoms with E-state index in [2.05, 4.69) is 5.10 Å². The van der Waals surface area contributed by atoms with Crippen LogP contribution in [0.3, 0.4) is 0 Å². The minimum Gasteiger partial charge on any atom is -0.480 e. The first kappa shape index (κ1) is 15.4. The third-order valence-corrected chi connectivity index (χ3v) is 6.10. The molecule has 22 heavy (non-hydrogen) atoms. The number of nitrogens with zero attached hydrogens (tertiary/aromatic N) is 3. The number of hydrogen-bond donors (Lipinski definition) is 1. The normalized spacial score (nSPS) is 24.6. The molecule has 0 amide bonds. The van der Waals surface area contributed by atoms with Crippen LogP contribution >= 0.6 is 0 Å². The van der Waals surface area contributed by atoms with Gasteiger partial charge in [-0.15, -0.1) is 0 Å². The molecule has 122 valence electrons. The van der Waals surface area contributed by atoms with Gasteiger partial charge in [-0.25, -0.2) is 8.42 Å². The van der Waals surface area contributed by atoms with Crippen molar-refractivity contribution in [1.29, 1.82) is 0 Å². The first-order chi connectivity index (χ1) is 10.5. The molecule has 2 aliphatic rings. The molecule has 8 nitrogen and oxygen atoms in total. The minimum absolute atomic E-state index is 0.0622. The van der Waals surface area contributed by atoms with Crippen molar-refractivity contribution in [1.82, 2.24) is 14.1 Å². The molecule has 1 N–H and O–H groups in total. The third-order valence-electron chi connectivity index (χ3n) is 4.24. The van der Waals surface area contributed by atoms with Crippen molar-refractivity contribution < 1.29 is 23.1 Å². The number of aliphatic carboxylic acids is 1. The van der Waals surface area contributed by atoms with Crippen molar-refractivity contribution in [3.63, 3.8) is 0 Å². The van der Waals surface area contributed by atoms with Gasteiger partial charge in [0.15, 0.2) is 0 Å². The number of carbonyl (C=O) groups is 1.